The average Bonchev–Trinajstić information content (AvgIpc) is 2.88. The smallest absolute Gasteiger partial charge is 0.197 e. The highest BCUT2D eigenvalue weighted by molar-refractivity contribution is 6.40. The first-order valence-corrected chi connectivity index (χ1v) is 8.82. The van der Waals surface area contributed by atoms with Crippen molar-refractivity contribution >= 4 is 29.0 Å². The zero-order chi connectivity index (χ0) is 18.4. The Bertz CT molecular complexity index is 680. The van der Waals surface area contributed by atoms with Crippen LogP contribution in [-0.4, -0.2) is 33.0 Å². The van der Waals surface area contributed by atoms with Crippen molar-refractivity contribution in [3.05, 3.63) is 71.8 Å². The molecule has 2 N–H and O–H groups in total. The molecule has 0 aromatic heterocycles. The third-order valence-corrected chi connectivity index (χ3v) is 4.20. The molecule has 0 radical (unpaired) electrons. The van der Waals surface area contributed by atoms with E-state index in [0.29, 0.717) is 11.1 Å². The maximum atomic E-state index is 12.4. The molecule has 4 nitrogen and oxygen atoms in total. The number of benzene rings is 2. The molecule has 0 spiro atoms. The summed E-state index contributed by atoms with van der Waals surface area (Å²) in [6, 6.07) is 17.9. The summed E-state index contributed by atoms with van der Waals surface area (Å²) in [6.45, 7) is 1.57. The number of aliphatic hydroxyl groups is 2. The highest BCUT2D eigenvalue weighted by atomic mass is 35.5. The van der Waals surface area contributed by atoms with Crippen LogP contribution in [0.3, 0.4) is 0 Å². The highest BCUT2D eigenvalue weighted by Gasteiger charge is 2.55. The normalized spacial score (nSPS) is 26.7. The Balaban J connectivity index is 0.000000701. The van der Waals surface area contributed by atoms with Crippen molar-refractivity contribution in [1.29, 1.82) is 0 Å². The van der Waals surface area contributed by atoms with Gasteiger partial charge in [0.1, 0.15) is 23.9 Å². The van der Waals surface area contributed by atoms with Gasteiger partial charge in [-0.15, -0.1) is 23.2 Å². The topological polar surface area (TPSA) is 66.8 Å². The lowest BCUT2D eigenvalue weighted by Gasteiger charge is -2.32. The van der Waals surface area contributed by atoms with Gasteiger partial charge >= 0.3 is 0 Å². The van der Waals surface area contributed by atoms with Gasteiger partial charge in [-0.1, -0.05) is 60.7 Å². The summed E-state index contributed by atoms with van der Waals surface area (Å²) in [7, 11) is 0. The van der Waals surface area contributed by atoms with Crippen molar-refractivity contribution < 1.29 is 19.7 Å². The molecule has 0 saturated carbocycles. The molecular weight excluding hydrogens is 363 g/mol. The minimum absolute atomic E-state index is 0.194. The van der Waals surface area contributed by atoms with Crippen molar-refractivity contribution in [3.63, 3.8) is 0 Å². The second-order valence-electron chi connectivity index (χ2n) is 5.81. The molecule has 6 heteroatoms. The van der Waals surface area contributed by atoms with Gasteiger partial charge in [0.15, 0.2) is 5.78 Å². The van der Waals surface area contributed by atoms with Crippen LogP contribution in [0.1, 0.15) is 30.3 Å². The van der Waals surface area contributed by atoms with E-state index in [4.69, 9.17) is 27.9 Å². The quantitative estimate of drug-likeness (QED) is 0.795. The van der Waals surface area contributed by atoms with E-state index in [-0.39, 0.29) is 5.34 Å². The van der Waals surface area contributed by atoms with Crippen molar-refractivity contribution in [3.8, 4) is 0 Å². The predicted octanol–water partition coefficient (Wildman–Crippen LogP) is 3.60. The van der Waals surface area contributed by atoms with Gasteiger partial charge < -0.3 is 14.9 Å². The lowest BCUT2D eigenvalue weighted by molar-refractivity contribution is -0.142. The molecule has 0 unspecified atom stereocenters. The van der Waals surface area contributed by atoms with Gasteiger partial charge in [-0.3, -0.25) is 4.79 Å². The van der Waals surface area contributed by atoms with E-state index in [9.17, 15) is 15.0 Å². The van der Waals surface area contributed by atoms with Crippen LogP contribution in [0.15, 0.2) is 60.7 Å². The zero-order valence-corrected chi connectivity index (χ0v) is 15.2. The molecule has 2 aromatic rings. The summed E-state index contributed by atoms with van der Waals surface area (Å²) in [6.07, 6.45) is -3.34. The highest BCUT2D eigenvalue weighted by Crippen LogP contribution is 2.43. The van der Waals surface area contributed by atoms with Gasteiger partial charge in [0.25, 0.3) is 0 Å². The fourth-order valence-corrected chi connectivity index (χ4v) is 2.84. The van der Waals surface area contributed by atoms with E-state index in [1.165, 1.54) is 0 Å². The van der Waals surface area contributed by atoms with Crippen LogP contribution >= 0.6 is 23.2 Å². The van der Waals surface area contributed by atoms with Gasteiger partial charge in [-0.05, 0) is 18.1 Å². The summed E-state index contributed by atoms with van der Waals surface area (Å²) in [5.41, 5.74) is -0.0973. The molecule has 2 aromatic carbocycles. The molecule has 0 bridgehead atoms. The molecular formula is C19H20Cl2O4. The first-order valence-electron chi connectivity index (χ1n) is 7.75. The summed E-state index contributed by atoms with van der Waals surface area (Å²) in [5, 5.41) is 21.1. The van der Waals surface area contributed by atoms with Crippen molar-refractivity contribution in [2.45, 2.75) is 30.8 Å². The van der Waals surface area contributed by atoms with E-state index in [1.807, 2.05) is 24.3 Å². The molecule has 1 saturated heterocycles. The van der Waals surface area contributed by atoms with Crippen LogP contribution in [0.25, 0.3) is 0 Å². The van der Waals surface area contributed by atoms with Crippen LogP contribution in [0.5, 0.6) is 0 Å². The van der Waals surface area contributed by atoms with Crippen LogP contribution in [0.2, 0.25) is 0 Å². The fraction of sp³-hybridized carbons (Fsp3) is 0.316. The second kappa shape index (κ2) is 8.79. The van der Waals surface area contributed by atoms with E-state index in [0.717, 1.165) is 0 Å². The molecule has 0 aliphatic carbocycles. The molecule has 1 heterocycles. The summed E-state index contributed by atoms with van der Waals surface area (Å²) in [4.78, 5) is 12.4. The molecule has 1 fully saturated rings. The summed E-state index contributed by atoms with van der Waals surface area (Å²) >= 11 is 9.53. The number of hydrogen-bond acceptors (Lipinski definition) is 4. The van der Waals surface area contributed by atoms with Gasteiger partial charge in [0, 0.05) is 0 Å². The molecule has 4 atom stereocenters. The Hall–Kier alpha value is -1.43. The number of ketones is 1. The Morgan fingerprint density at radius 2 is 1.56 bits per heavy atom. The SMILES string of the molecule is C[C@]1([C@H](O)c2ccccc2)O[C@@H](c2ccccc2)C(=O)[C@H]1O.ClCCl. The van der Waals surface area contributed by atoms with E-state index < -0.39 is 29.7 Å². The number of halogens is 2. The van der Waals surface area contributed by atoms with Gasteiger partial charge in [0.05, 0.1) is 5.34 Å². The molecule has 25 heavy (non-hydrogen) atoms. The number of aliphatic hydroxyl groups excluding tert-OH is 2. The van der Waals surface area contributed by atoms with Crippen molar-refractivity contribution in [1.82, 2.24) is 0 Å². The third kappa shape index (κ3) is 4.22. The van der Waals surface area contributed by atoms with Crippen LogP contribution < -0.4 is 0 Å². The number of Topliss-reactive ketones (excluding diaryl/α,β-unsaturated/α-hetero) is 1. The minimum Gasteiger partial charge on any atom is -0.385 e. The van der Waals surface area contributed by atoms with Crippen molar-refractivity contribution in [2.75, 3.05) is 5.34 Å². The van der Waals surface area contributed by atoms with Gasteiger partial charge in [0.2, 0.25) is 0 Å². The first-order chi connectivity index (χ1) is 12.0. The zero-order valence-electron chi connectivity index (χ0n) is 13.7. The molecule has 1 aliphatic heterocycles. The maximum Gasteiger partial charge on any atom is 0.197 e. The van der Waals surface area contributed by atoms with Crippen LogP contribution in [0, 0.1) is 0 Å². The Morgan fingerprint density at radius 1 is 1.08 bits per heavy atom. The molecule has 0 amide bonds. The number of rotatable bonds is 3. The summed E-state index contributed by atoms with van der Waals surface area (Å²) in [5.74, 6) is -0.427. The molecule has 1 aliphatic rings. The number of hydrogen-bond donors (Lipinski definition) is 2. The number of alkyl halides is 2. The van der Waals surface area contributed by atoms with Crippen molar-refractivity contribution in [2.24, 2.45) is 0 Å². The number of carbonyl (C=O) groups excluding carboxylic acids is 1. The van der Waals surface area contributed by atoms with Crippen LogP contribution in [0.4, 0.5) is 0 Å². The minimum atomic E-state index is -1.38. The predicted molar refractivity (Wildman–Crippen MR) is 97.7 cm³/mol. The summed E-state index contributed by atoms with van der Waals surface area (Å²) < 4.78 is 5.83. The van der Waals surface area contributed by atoms with E-state index in [1.54, 1.807) is 43.3 Å². The van der Waals surface area contributed by atoms with Crippen LogP contribution in [-0.2, 0) is 9.53 Å². The molecule has 3 rings (SSSR count). The molecule has 134 valence electrons. The average molecular weight is 383 g/mol. The van der Waals surface area contributed by atoms with Gasteiger partial charge in [-0.2, -0.15) is 0 Å². The number of ether oxygens (including phenoxy) is 1. The Morgan fingerprint density at radius 3 is 2.08 bits per heavy atom. The first kappa shape index (κ1) is 19.9. The lowest BCUT2D eigenvalue weighted by Crippen LogP contribution is -2.44. The third-order valence-electron chi connectivity index (χ3n) is 4.20. The van der Waals surface area contributed by atoms with E-state index in [2.05, 4.69) is 0 Å². The van der Waals surface area contributed by atoms with E-state index >= 15 is 0 Å². The largest absolute Gasteiger partial charge is 0.385 e. The maximum absolute atomic E-state index is 12.4. The van der Waals surface area contributed by atoms with Gasteiger partial charge in [-0.25, -0.2) is 0 Å². The Labute approximate surface area is 157 Å². The second-order valence-corrected chi connectivity index (χ2v) is 6.62. The monoisotopic (exact) mass is 382 g/mol. The standard InChI is InChI=1S/C18H18O4.CH2Cl2/c1-18(16(20)13-10-6-3-7-11-13)17(21)14(19)15(22-18)12-8-4-2-5-9-12;2-1-3/h2-11,15-17,20-21H,1H3;1H2/t15-,16+,17+,18+;/m0./s1. The lowest BCUT2D eigenvalue weighted by atomic mass is 9.87. The number of carbonyl (C=O) groups is 1. The Kier molecular flexibility index (Phi) is 6.99. The fourth-order valence-electron chi connectivity index (χ4n) is 2.84.